The Balaban J connectivity index is 2.07. The molecule has 2 nitrogen and oxygen atoms in total. The van der Waals surface area contributed by atoms with Gasteiger partial charge in [0.2, 0.25) is 5.91 Å². The molecule has 0 unspecified atom stereocenters. The Kier molecular flexibility index (Phi) is 0.960. The Morgan fingerprint density at radius 1 is 1.50 bits per heavy atom. The fourth-order valence-corrected chi connectivity index (χ4v) is 1.71. The third-order valence-corrected chi connectivity index (χ3v) is 2.74. The number of carbonyl (C=O) groups is 1. The first-order valence-electron chi connectivity index (χ1n) is 3.93. The van der Waals surface area contributed by atoms with Gasteiger partial charge in [0, 0.05) is 6.04 Å². The first-order valence-corrected chi connectivity index (χ1v) is 3.93. The fourth-order valence-electron chi connectivity index (χ4n) is 1.71. The van der Waals surface area contributed by atoms with E-state index in [1.54, 1.807) is 0 Å². The van der Waals surface area contributed by atoms with Crippen molar-refractivity contribution in [1.82, 2.24) is 5.32 Å². The first kappa shape index (κ1) is 6.20. The maximum Gasteiger partial charge on any atom is 0.228 e. The predicted molar refractivity (Wildman–Crippen MR) is 38.4 cm³/mol. The lowest BCUT2D eigenvalue weighted by Crippen LogP contribution is -2.65. The summed E-state index contributed by atoms with van der Waals surface area (Å²) in [4.78, 5) is 11.0. The van der Waals surface area contributed by atoms with Crippen LogP contribution in [0, 0.1) is 11.3 Å². The molecule has 0 bridgehead atoms. The molecule has 1 saturated heterocycles. The Morgan fingerprint density at radius 3 is 2.40 bits per heavy atom. The fraction of sp³-hybridized carbons (Fsp3) is 0.875. The summed E-state index contributed by atoms with van der Waals surface area (Å²) in [5.41, 5.74) is -0.0683. The summed E-state index contributed by atoms with van der Waals surface area (Å²) < 4.78 is 0. The molecule has 0 aromatic heterocycles. The molecule has 1 atom stereocenters. The topological polar surface area (TPSA) is 29.1 Å². The molecular weight excluding hydrogens is 126 g/mol. The van der Waals surface area contributed by atoms with Crippen molar-refractivity contribution in [2.45, 2.75) is 32.7 Å². The van der Waals surface area contributed by atoms with Gasteiger partial charge in [-0.3, -0.25) is 4.79 Å². The number of amides is 1. The van der Waals surface area contributed by atoms with Crippen molar-refractivity contribution in [3.8, 4) is 0 Å². The summed E-state index contributed by atoms with van der Waals surface area (Å²) in [5.74, 6) is 1.03. The largest absolute Gasteiger partial charge is 0.351 e. The molecule has 2 aliphatic rings. The highest BCUT2D eigenvalue weighted by atomic mass is 16.2. The zero-order chi connectivity index (χ0) is 7.35. The second kappa shape index (κ2) is 1.55. The van der Waals surface area contributed by atoms with Gasteiger partial charge in [0.25, 0.3) is 0 Å². The van der Waals surface area contributed by atoms with Crippen LogP contribution in [-0.4, -0.2) is 11.9 Å². The monoisotopic (exact) mass is 139 g/mol. The summed E-state index contributed by atoms with van der Waals surface area (Å²) >= 11 is 0. The van der Waals surface area contributed by atoms with Gasteiger partial charge >= 0.3 is 0 Å². The van der Waals surface area contributed by atoms with Crippen molar-refractivity contribution in [2.75, 3.05) is 0 Å². The van der Waals surface area contributed by atoms with E-state index in [-0.39, 0.29) is 11.3 Å². The maximum atomic E-state index is 11.0. The minimum absolute atomic E-state index is 0.0683. The number of hydrogen-bond donors (Lipinski definition) is 1. The van der Waals surface area contributed by atoms with Crippen molar-refractivity contribution in [3.63, 3.8) is 0 Å². The SMILES string of the molecule is CC1(C)C(=O)N[C@H]1C1CC1. The van der Waals surface area contributed by atoms with E-state index in [0.29, 0.717) is 6.04 Å². The minimum atomic E-state index is -0.0683. The number of β-lactam (4-membered cyclic amide) rings is 1. The third kappa shape index (κ3) is 0.619. The molecular formula is C8H13NO. The van der Waals surface area contributed by atoms with E-state index in [1.165, 1.54) is 12.8 Å². The molecule has 56 valence electrons. The highest BCUT2D eigenvalue weighted by Gasteiger charge is 2.53. The van der Waals surface area contributed by atoms with Crippen LogP contribution >= 0.6 is 0 Å². The summed E-state index contributed by atoms with van der Waals surface area (Å²) in [6, 6.07) is 0.486. The van der Waals surface area contributed by atoms with Gasteiger partial charge < -0.3 is 5.32 Å². The summed E-state index contributed by atoms with van der Waals surface area (Å²) in [6.07, 6.45) is 2.63. The third-order valence-electron chi connectivity index (χ3n) is 2.74. The van der Waals surface area contributed by atoms with Crippen LogP contribution in [0.2, 0.25) is 0 Å². The van der Waals surface area contributed by atoms with Gasteiger partial charge in [0.1, 0.15) is 0 Å². The Labute approximate surface area is 61.0 Å². The molecule has 1 aliphatic carbocycles. The van der Waals surface area contributed by atoms with Crippen LogP contribution in [0.5, 0.6) is 0 Å². The van der Waals surface area contributed by atoms with Crippen molar-refractivity contribution in [2.24, 2.45) is 11.3 Å². The van der Waals surface area contributed by atoms with E-state index in [1.807, 2.05) is 13.8 Å². The normalized spacial score (nSPS) is 36.6. The molecule has 0 spiro atoms. The zero-order valence-electron chi connectivity index (χ0n) is 6.48. The summed E-state index contributed by atoms with van der Waals surface area (Å²) in [7, 11) is 0. The predicted octanol–water partition coefficient (Wildman–Crippen LogP) is 0.921. The van der Waals surface area contributed by atoms with Gasteiger partial charge in [-0.2, -0.15) is 0 Å². The van der Waals surface area contributed by atoms with Crippen LogP contribution in [0.3, 0.4) is 0 Å². The smallest absolute Gasteiger partial charge is 0.228 e. The lowest BCUT2D eigenvalue weighted by Gasteiger charge is -2.44. The molecule has 1 N–H and O–H groups in total. The van der Waals surface area contributed by atoms with Gasteiger partial charge in [0.15, 0.2) is 0 Å². The molecule has 0 radical (unpaired) electrons. The molecule has 2 fully saturated rings. The van der Waals surface area contributed by atoms with Crippen molar-refractivity contribution in [3.05, 3.63) is 0 Å². The van der Waals surface area contributed by atoms with Crippen LogP contribution in [0.1, 0.15) is 26.7 Å². The maximum absolute atomic E-state index is 11.0. The van der Waals surface area contributed by atoms with Crippen LogP contribution in [0.15, 0.2) is 0 Å². The van der Waals surface area contributed by atoms with Gasteiger partial charge in [-0.15, -0.1) is 0 Å². The molecule has 2 heteroatoms. The van der Waals surface area contributed by atoms with E-state index < -0.39 is 0 Å². The van der Waals surface area contributed by atoms with Crippen LogP contribution < -0.4 is 5.32 Å². The van der Waals surface area contributed by atoms with Crippen molar-refractivity contribution < 1.29 is 4.79 Å². The van der Waals surface area contributed by atoms with E-state index in [9.17, 15) is 4.79 Å². The molecule has 1 amide bonds. The molecule has 2 rings (SSSR count). The standard InChI is InChI=1S/C8H13NO/c1-8(2)6(5-3-4-5)9-7(8)10/h5-6H,3-4H2,1-2H3,(H,9,10)/t6-/m0/s1. The molecule has 0 aromatic rings. The number of hydrogen-bond acceptors (Lipinski definition) is 1. The lowest BCUT2D eigenvalue weighted by atomic mass is 9.74. The van der Waals surface area contributed by atoms with Gasteiger partial charge in [-0.1, -0.05) is 0 Å². The molecule has 1 aliphatic heterocycles. The summed E-state index contributed by atoms with van der Waals surface area (Å²) in [5, 5.41) is 2.96. The quantitative estimate of drug-likeness (QED) is 0.538. The summed E-state index contributed by atoms with van der Waals surface area (Å²) in [6.45, 7) is 4.07. The van der Waals surface area contributed by atoms with Crippen LogP contribution in [0.4, 0.5) is 0 Å². The Bertz CT molecular complexity index is 182. The highest BCUT2D eigenvalue weighted by molar-refractivity contribution is 5.89. The molecule has 1 saturated carbocycles. The molecule has 10 heavy (non-hydrogen) atoms. The minimum Gasteiger partial charge on any atom is -0.351 e. The number of carbonyl (C=O) groups excluding carboxylic acids is 1. The average Bonchev–Trinajstić information content (AvgIpc) is 2.64. The number of rotatable bonds is 1. The highest BCUT2D eigenvalue weighted by Crippen LogP contribution is 2.45. The van der Waals surface area contributed by atoms with E-state index >= 15 is 0 Å². The second-order valence-electron chi connectivity index (χ2n) is 4.01. The van der Waals surface area contributed by atoms with E-state index in [2.05, 4.69) is 5.32 Å². The molecule has 0 aromatic carbocycles. The van der Waals surface area contributed by atoms with E-state index in [4.69, 9.17) is 0 Å². The Morgan fingerprint density at radius 2 is 2.10 bits per heavy atom. The van der Waals surface area contributed by atoms with Gasteiger partial charge in [-0.05, 0) is 32.6 Å². The van der Waals surface area contributed by atoms with E-state index in [0.717, 1.165) is 5.92 Å². The molecule has 1 heterocycles. The van der Waals surface area contributed by atoms with Crippen molar-refractivity contribution >= 4 is 5.91 Å². The average molecular weight is 139 g/mol. The zero-order valence-corrected chi connectivity index (χ0v) is 6.48. The van der Waals surface area contributed by atoms with Crippen molar-refractivity contribution in [1.29, 1.82) is 0 Å². The first-order chi connectivity index (χ1) is 4.62. The van der Waals surface area contributed by atoms with Crippen LogP contribution in [-0.2, 0) is 4.79 Å². The van der Waals surface area contributed by atoms with Gasteiger partial charge in [0.05, 0.1) is 5.41 Å². The Hall–Kier alpha value is -0.530. The van der Waals surface area contributed by atoms with Crippen LogP contribution in [0.25, 0.3) is 0 Å². The van der Waals surface area contributed by atoms with Gasteiger partial charge in [-0.25, -0.2) is 0 Å². The number of nitrogens with one attached hydrogen (secondary N) is 1. The lowest BCUT2D eigenvalue weighted by molar-refractivity contribution is -0.143. The second-order valence-corrected chi connectivity index (χ2v) is 4.01.